The van der Waals surface area contributed by atoms with Crippen LogP contribution < -0.4 is 5.73 Å². The van der Waals surface area contributed by atoms with Gasteiger partial charge < -0.3 is 10.8 Å². The monoisotopic (exact) mass is 435 g/mol. The van der Waals surface area contributed by atoms with Gasteiger partial charge in [0.05, 0.1) is 16.2 Å². The van der Waals surface area contributed by atoms with Crippen LogP contribution in [0.4, 0.5) is 11.4 Å². The molecule has 0 radical (unpaired) electrons. The third-order valence-electron chi connectivity index (χ3n) is 5.73. The summed E-state index contributed by atoms with van der Waals surface area (Å²) < 4.78 is 0. The molecule has 31 heavy (non-hydrogen) atoms. The molecule has 0 unspecified atom stereocenters. The number of carboxylic acids is 1. The Morgan fingerprint density at radius 3 is 2.52 bits per heavy atom. The van der Waals surface area contributed by atoms with E-state index in [1.807, 2.05) is 36.1 Å². The number of allylic oxidation sites excluding steroid dienone is 1. The summed E-state index contributed by atoms with van der Waals surface area (Å²) in [5, 5.41) is 9.90. The zero-order valence-electron chi connectivity index (χ0n) is 17.4. The van der Waals surface area contributed by atoms with Gasteiger partial charge >= 0.3 is 5.97 Å². The molecule has 0 spiro atoms. The molecule has 7 heteroatoms. The molecule has 6 nitrogen and oxygen atoms in total. The van der Waals surface area contributed by atoms with Gasteiger partial charge in [-0.15, -0.1) is 0 Å². The predicted octanol–water partition coefficient (Wildman–Crippen LogP) is 5.29. The highest BCUT2D eigenvalue weighted by molar-refractivity contribution is 8.18. The van der Waals surface area contributed by atoms with Crippen molar-refractivity contribution >= 4 is 45.8 Å². The van der Waals surface area contributed by atoms with Gasteiger partial charge in [0.15, 0.2) is 5.17 Å². The van der Waals surface area contributed by atoms with Crippen molar-refractivity contribution in [3.63, 3.8) is 0 Å². The molecule has 1 aliphatic heterocycles. The fourth-order valence-electron chi connectivity index (χ4n) is 4.08. The van der Waals surface area contributed by atoms with E-state index in [2.05, 4.69) is 0 Å². The van der Waals surface area contributed by atoms with Crippen molar-refractivity contribution < 1.29 is 14.7 Å². The minimum absolute atomic E-state index is 0.0371. The van der Waals surface area contributed by atoms with Gasteiger partial charge in [-0.1, -0.05) is 37.5 Å². The van der Waals surface area contributed by atoms with E-state index in [0.717, 1.165) is 36.8 Å². The largest absolute Gasteiger partial charge is 0.478 e. The highest BCUT2D eigenvalue weighted by Gasteiger charge is 2.39. The summed E-state index contributed by atoms with van der Waals surface area (Å²) in [6.45, 7) is 1.93. The molecule has 0 aromatic heterocycles. The molecule has 2 aliphatic rings. The van der Waals surface area contributed by atoms with Crippen LogP contribution in [0.25, 0.3) is 5.57 Å². The number of hydrogen-bond acceptors (Lipinski definition) is 5. The molecule has 1 saturated carbocycles. The van der Waals surface area contributed by atoms with E-state index in [4.69, 9.17) is 10.7 Å². The van der Waals surface area contributed by atoms with Crippen LogP contribution in [0, 0.1) is 0 Å². The second-order valence-corrected chi connectivity index (χ2v) is 8.88. The van der Waals surface area contributed by atoms with Crippen molar-refractivity contribution in [1.29, 1.82) is 0 Å². The Morgan fingerprint density at radius 1 is 1.10 bits per heavy atom. The van der Waals surface area contributed by atoms with E-state index in [9.17, 15) is 14.7 Å². The van der Waals surface area contributed by atoms with E-state index < -0.39 is 5.97 Å². The molecule has 2 aromatic rings. The van der Waals surface area contributed by atoms with Crippen molar-refractivity contribution in [3.05, 3.63) is 64.6 Å². The van der Waals surface area contributed by atoms with Crippen LogP contribution in [0.3, 0.4) is 0 Å². The van der Waals surface area contributed by atoms with Gasteiger partial charge in [0.25, 0.3) is 5.91 Å². The number of anilines is 1. The Bertz CT molecular complexity index is 1090. The number of benzene rings is 2. The van der Waals surface area contributed by atoms with Crippen LogP contribution in [0.5, 0.6) is 0 Å². The van der Waals surface area contributed by atoms with Crippen LogP contribution in [0.2, 0.25) is 0 Å². The number of carboxylic acid groups (broad SMARTS) is 1. The normalized spacial score (nSPS) is 20.4. The number of nitrogens with zero attached hydrogens (tertiary/aromatic N) is 2. The molecule has 3 N–H and O–H groups in total. The van der Waals surface area contributed by atoms with Crippen LogP contribution in [0.15, 0.2) is 58.4 Å². The minimum Gasteiger partial charge on any atom is -0.478 e. The highest BCUT2D eigenvalue weighted by atomic mass is 32.2. The number of amidine groups is 1. The average molecular weight is 436 g/mol. The predicted molar refractivity (Wildman–Crippen MR) is 125 cm³/mol. The number of carbonyl (C=O) groups is 2. The molecule has 1 aliphatic carbocycles. The van der Waals surface area contributed by atoms with Gasteiger partial charge in [0.1, 0.15) is 0 Å². The maximum Gasteiger partial charge on any atom is 0.335 e. The van der Waals surface area contributed by atoms with Crippen LogP contribution >= 0.6 is 11.8 Å². The lowest BCUT2D eigenvalue weighted by atomic mass is 9.94. The van der Waals surface area contributed by atoms with Crippen molar-refractivity contribution in [3.8, 4) is 0 Å². The smallest absolute Gasteiger partial charge is 0.335 e. The molecule has 2 aromatic carbocycles. The Kier molecular flexibility index (Phi) is 6.13. The molecule has 1 heterocycles. The van der Waals surface area contributed by atoms with E-state index in [1.54, 1.807) is 12.1 Å². The summed E-state index contributed by atoms with van der Waals surface area (Å²) in [4.78, 5) is 32.0. The van der Waals surface area contributed by atoms with Gasteiger partial charge in [-0.2, -0.15) is 0 Å². The topological polar surface area (TPSA) is 96.0 Å². The molecule has 2 fully saturated rings. The van der Waals surface area contributed by atoms with Crippen molar-refractivity contribution in [2.45, 2.75) is 45.1 Å². The minimum atomic E-state index is -1.00. The number of carbonyl (C=O) groups excluding carboxylic acids is 1. The quantitative estimate of drug-likeness (QED) is 0.502. The highest BCUT2D eigenvalue weighted by Crippen LogP contribution is 2.41. The first kappa shape index (κ1) is 21.2. The zero-order chi connectivity index (χ0) is 22.0. The maximum absolute atomic E-state index is 13.5. The number of aromatic carboxylic acids is 1. The first-order valence-corrected chi connectivity index (χ1v) is 11.3. The molecular weight excluding hydrogens is 410 g/mol. The lowest BCUT2D eigenvalue weighted by Crippen LogP contribution is -2.40. The third-order valence-corrected chi connectivity index (χ3v) is 6.89. The van der Waals surface area contributed by atoms with E-state index in [0.29, 0.717) is 21.4 Å². The van der Waals surface area contributed by atoms with Gasteiger partial charge in [-0.3, -0.25) is 9.69 Å². The third kappa shape index (κ3) is 4.51. The lowest BCUT2D eigenvalue weighted by Gasteiger charge is -2.30. The standard InChI is InChI=1S/C24H25N3O3S/c1-15(16-7-5-9-18(25)13-16)21-22(28)27(20-11-3-2-4-12-20)24(31-21)26-19-10-6-8-17(14-19)23(29)30/h5-10,13-14,20H,2-4,11-12,25H2,1H3,(H,29,30)/b21-15-,26-24?. The Labute approximate surface area is 185 Å². The van der Waals surface area contributed by atoms with E-state index in [1.165, 1.54) is 30.3 Å². The maximum atomic E-state index is 13.5. The summed E-state index contributed by atoms with van der Waals surface area (Å²) in [6, 6.07) is 14.1. The Morgan fingerprint density at radius 2 is 1.81 bits per heavy atom. The molecule has 1 saturated heterocycles. The molecule has 0 atom stereocenters. The van der Waals surface area contributed by atoms with Gasteiger partial charge in [-0.25, -0.2) is 9.79 Å². The zero-order valence-corrected chi connectivity index (χ0v) is 18.2. The number of nitrogen functional groups attached to an aromatic ring is 1. The summed E-state index contributed by atoms with van der Waals surface area (Å²) in [5.41, 5.74) is 9.07. The molecule has 0 bridgehead atoms. The second-order valence-electron chi connectivity index (χ2n) is 7.90. The summed E-state index contributed by atoms with van der Waals surface area (Å²) in [5.74, 6) is -1.04. The van der Waals surface area contributed by atoms with Crippen molar-refractivity contribution in [1.82, 2.24) is 4.90 Å². The summed E-state index contributed by atoms with van der Waals surface area (Å²) in [6.07, 6.45) is 5.27. The molecule has 4 rings (SSSR count). The molecule has 1 amide bonds. The van der Waals surface area contributed by atoms with Gasteiger partial charge in [0.2, 0.25) is 0 Å². The molecular formula is C24H25N3O3S. The molecule has 160 valence electrons. The number of hydrogen-bond donors (Lipinski definition) is 2. The Balaban J connectivity index is 1.76. The first-order chi connectivity index (χ1) is 14.9. The number of thioether (sulfide) groups is 1. The van der Waals surface area contributed by atoms with Crippen LogP contribution in [-0.2, 0) is 4.79 Å². The summed E-state index contributed by atoms with van der Waals surface area (Å²) in [7, 11) is 0. The summed E-state index contributed by atoms with van der Waals surface area (Å²) >= 11 is 1.36. The SMILES string of the molecule is C/C(=C1/SC(=Nc2cccc(C(=O)O)c2)N(C2CCCCC2)C1=O)c1cccc(N)c1. The van der Waals surface area contributed by atoms with E-state index in [-0.39, 0.29) is 17.5 Å². The lowest BCUT2D eigenvalue weighted by molar-refractivity contribution is -0.124. The first-order valence-electron chi connectivity index (χ1n) is 10.4. The number of amides is 1. The van der Waals surface area contributed by atoms with Gasteiger partial charge in [0, 0.05) is 11.7 Å². The fraction of sp³-hybridized carbons (Fsp3) is 0.292. The number of nitrogens with two attached hydrogens (primary N) is 1. The number of aliphatic imine (C=N–C) groups is 1. The fourth-order valence-corrected chi connectivity index (χ4v) is 5.20. The van der Waals surface area contributed by atoms with Crippen LogP contribution in [-0.4, -0.2) is 33.1 Å². The van der Waals surface area contributed by atoms with Gasteiger partial charge in [-0.05, 0) is 73.0 Å². The Hall–Kier alpha value is -3.06. The van der Waals surface area contributed by atoms with Crippen LogP contribution in [0.1, 0.15) is 54.9 Å². The van der Waals surface area contributed by atoms with E-state index >= 15 is 0 Å². The van der Waals surface area contributed by atoms with Crippen molar-refractivity contribution in [2.24, 2.45) is 4.99 Å². The van der Waals surface area contributed by atoms with Crippen molar-refractivity contribution in [2.75, 3.05) is 5.73 Å². The second kappa shape index (κ2) is 8.98. The number of rotatable bonds is 4. The average Bonchev–Trinajstić information content (AvgIpc) is 3.09.